The zero-order chi connectivity index (χ0) is 16.9. The van der Waals surface area contributed by atoms with Crippen molar-refractivity contribution in [3.8, 4) is 11.3 Å². The van der Waals surface area contributed by atoms with Crippen molar-refractivity contribution in [1.82, 2.24) is 9.88 Å². The SMILES string of the molecule is Cc1nc(-c2ccc(CCN=C(N)N3CCC(C)CC3)cc2)cs1. The van der Waals surface area contributed by atoms with Gasteiger partial charge in [-0.1, -0.05) is 31.2 Å². The Morgan fingerprint density at radius 1 is 1.29 bits per heavy atom. The van der Waals surface area contributed by atoms with Gasteiger partial charge in [-0.3, -0.25) is 4.99 Å². The highest BCUT2D eigenvalue weighted by atomic mass is 32.1. The van der Waals surface area contributed by atoms with Gasteiger partial charge in [0.1, 0.15) is 0 Å². The number of nitrogens with zero attached hydrogens (tertiary/aromatic N) is 3. The Labute approximate surface area is 148 Å². The van der Waals surface area contributed by atoms with Crippen LogP contribution in [0.2, 0.25) is 0 Å². The first kappa shape index (κ1) is 17.0. The van der Waals surface area contributed by atoms with Gasteiger partial charge in [0.25, 0.3) is 0 Å². The van der Waals surface area contributed by atoms with Gasteiger partial charge in [0, 0.05) is 30.6 Å². The first-order chi connectivity index (χ1) is 11.6. The zero-order valence-corrected chi connectivity index (χ0v) is 15.4. The molecule has 5 heteroatoms. The van der Waals surface area contributed by atoms with Crippen LogP contribution in [0.5, 0.6) is 0 Å². The van der Waals surface area contributed by atoms with Crippen LogP contribution in [0.3, 0.4) is 0 Å². The molecule has 0 atom stereocenters. The Kier molecular flexibility index (Phi) is 5.51. The minimum atomic E-state index is 0.705. The molecule has 0 amide bonds. The average Bonchev–Trinajstić information content (AvgIpc) is 3.02. The lowest BCUT2D eigenvalue weighted by Gasteiger charge is -2.31. The van der Waals surface area contributed by atoms with Gasteiger partial charge >= 0.3 is 0 Å². The molecule has 2 heterocycles. The summed E-state index contributed by atoms with van der Waals surface area (Å²) in [5, 5.41) is 3.21. The van der Waals surface area contributed by atoms with Crippen molar-refractivity contribution < 1.29 is 0 Å². The highest BCUT2D eigenvalue weighted by Gasteiger charge is 2.16. The number of rotatable bonds is 4. The number of piperidine rings is 1. The van der Waals surface area contributed by atoms with Crippen molar-refractivity contribution in [2.45, 2.75) is 33.1 Å². The lowest BCUT2D eigenvalue weighted by Crippen LogP contribution is -2.42. The lowest BCUT2D eigenvalue weighted by atomic mass is 10.00. The number of aryl methyl sites for hydroxylation is 1. The minimum Gasteiger partial charge on any atom is -0.370 e. The molecule has 0 bridgehead atoms. The molecule has 1 aromatic heterocycles. The second-order valence-corrected chi connectivity index (χ2v) is 7.67. The Morgan fingerprint density at radius 3 is 2.62 bits per heavy atom. The molecule has 24 heavy (non-hydrogen) atoms. The van der Waals surface area contributed by atoms with Gasteiger partial charge in [-0.2, -0.15) is 0 Å². The molecule has 1 aliphatic rings. The van der Waals surface area contributed by atoms with E-state index in [2.05, 4.69) is 51.4 Å². The summed E-state index contributed by atoms with van der Waals surface area (Å²) in [5.41, 5.74) is 9.65. The van der Waals surface area contributed by atoms with Crippen LogP contribution in [-0.4, -0.2) is 35.5 Å². The summed E-state index contributed by atoms with van der Waals surface area (Å²) in [6, 6.07) is 8.61. The summed E-state index contributed by atoms with van der Waals surface area (Å²) in [7, 11) is 0. The van der Waals surface area contributed by atoms with Gasteiger partial charge in [-0.05, 0) is 37.7 Å². The second kappa shape index (κ2) is 7.79. The van der Waals surface area contributed by atoms with Crippen molar-refractivity contribution in [3.63, 3.8) is 0 Å². The Bertz CT molecular complexity index is 682. The Morgan fingerprint density at radius 2 is 2.00 bits per heavy atom. The molecular formula is C19H26N4S. The van der Waals surface area contributed by atoms with E-state index < -0.39 is 0 Å². The van der Waals surface area contributed by atoms with E-state index in [1.165, 1.54) is 24.0 Å². The number of thiazole rings is 1. The van der Waals surface area contributed by atoms with E-state index in [1.54, 1.807) is 11.3 Å². The molecule has 1 aromatic carbocycles. The Balaban J connectivity index is 1.52. The summed E-state index contributed by atoms with van der Waals surface area (Å²) in [4.78, 5) is 11.3. The van der Waals surface area contributed by atoms with E-state index in [0.29, 0.717) is 5.96 Å². The molecule has 0 aliphatic carbocycles. The summed E-state index contributed by atoms with van der Waals surface area (Å²) in [6.07, 6.45) is 3.35. The van der Waals surface area contributed by atoms with Crippen molar-refractivity contribution in [2.24, 2.45) is 16.6 Å². The molecule has 0 saturated carbocycles. The smallest absolute Gasteiger partial charge is 0.191 e. The lowest BCUT2D eigenvalue weighted by molar-refractivity contribution is 0.277. The number of aromatic nitrogens is 1. The summed E-state index contributed by atoms with van der Waals surface area (Å²) >= 11 is 1.69. The maximum atomic E-state index is 6.13. The highest BCUT2D eigenvalue weighted by Crippen LogP contribution is 2.22. The largest absolute Gasteiger partial charge is 0.370 e. The van der Waals surface area contributed by atoms with Crippen LogP contribution in [0, 0.1) is 12.8 Å². The molecule has 1 aliphatic heterocycles. The van der Waals surface area contributed by atoms with Gasteiger partial charge in [0.2, 0.25) is 0 Å². The topological polar surface area (TPSA) is 54.5 Å². The van der Waals surface area contributed by atoms with Crippen LogP contribution in [-0.2, 0) is 6.42 Å². The van der Waals surface area contributed by atoms with Crippen molar-refractivity contribution in [3.05, 3.63) is 40.2 Å². The van der Waals surface area contributed by atoms with Gasteiger partial charge in [-0.15, -0.1) is 11.3 Å². The van der Waals surface area contributed by atoms with Crippen LogP contribution < -0.4 is 5.73 Å². The molecule has 1 saturated heterocycles. The van der Waals surface area contributed by atoms with Crippen LogP contribution >= 0.6 is 11.3 Å². The fourth-order valence-corrected chi connectivity index (χ4v) is 3.60. The van der Waals surface area contributed by atoms with E-state index in [4.69, 9.17) is 5.73 Å². The van der Waals surface area contributed by atoms with E-state index in [-0.39, 0.29) is 0 Å². The maximum absolute atomic E-state index is 6.13. The number of nitrogens with two attached hydrogens (primary N) is 1. The third-order valence-corrected chi connectivity index (χ3v) is 5.42. The summed E-state index contributed by atoms with van der Waals surface area (Å²) in [5.74, 6) is 1.52. The Hall–Kier alpha value is -1.88. The number of guanidine groups is 1. The number of hydrogen-bond donors (Lipinski definition) is 1. The third kappa shape index (κ3) is 4.35. The molecule has 1 fully saturated rings. The van der Waals surface area contributed by atoms with E-state index in [0.717, 1.165) is 42.7 Å². The first-order valence-corrected chi connectivity index (χ1v) is 9.56. The summed E-state index contributed by atoms with van der Waals surface area (Å²) < 4.78 is 0. The highest BCUT2D eigenvalue weighted by molar-refractivity contribution is 7.09. The number of benzene rings is 1. The quantitative estimate of drug-likeness (QED) is 0.681. The van der Waals surface area contributed by atoms with E-state index in [1.807, 2.05) is 6.92 Å². The fraction of sp³-hybridized carbons (Fsp3) is 0.474. The fourth-order valence-electron chi connectivity index (χ4n) is 2.98. The predicted octanol–water partition coefficient (Wildman–Crippen LogP) is 3.71. The predicted molar refractivity (Wildman–Crippen MR) is 102 cm³/mol. The average molecular weight is 343 g/mol. The van der Waals surface area contributed by atoms with Gasteiger partial charge in [0.15, 0.2) is 5.96 Å². The number of hydrogen-bond acceptors (Lipinski definition) is 3. The zero-order valence-electron chi connectivity index (χ0n) is 14.5. The molecular weight excluding hydrogens is 316 g/mol. The molecule has 128 valence electrons. The monoisotopic (exact) mass is 342 g/mol. The molecule has 0 radical (unpaired) electrons. The van der Waals surface area contributed by atoms with Crippen LogP contribution in [0.15, 0.2) is 34.6 Å². The third-order valence-electron chi connectivity index (χ3n) is 4.65. The van der Waals surface area contributed by atoms with Crippen LogP contribution in [0.25, 0.3) is 11.3 Å². The summed E-state index contributed by atoms with van der Waals surface area (Å²) in [6.45, 7) is 7.17. The molecule has 0 spiro atoms. The maximum Gasteiger partial charge on any atom is 0.191 e. The standard InChI is InChI=1S/C19H26N4S/c1-14-8-11-23(12-9-14)19(20)21-10-7-16-3-5-17(6-4-16)18-13-24-15(2)22-18/h3-6,13-14H,7-12H2,1-2H3,(H2,20,21). The van der Waals surface area contributed by atoms with Gasteiger partial charge < -0.3 is 10.6 Å². The van der Waals surface area contributed by atoms with Gasteiger partial charge in [-0.25, -0.2) is 4.98 Å². The van der Waals surface area contributed by atoms with Crippen LogP contribution in [0.1, 0.15) is 30.3 Å². The second-order valence-electron chi connectivity index (χ2n) is 6.61. The van der Waals surface area contributed by atoms with Crippen molar-refractivity contribution >= 4 is 17.3 Å². The van der Waals surface area contributed by atoms with Gasteiger partial charge in [0.05, 0.1) is 10.7 Å². The van der Waals surface area contributed by atoms with E-state index >= 15 is 0 Å². The minimum absolute atomic E-state index is 0.705. The molecule has 0 unspecified atom stereocenters. The van der Waals surface area contributed by atoms with E-state index in [9.17, 15) is 0 Å². The molecule has 4 nitrogen and oxygen atoms in total. The molecule has 2 aromatic rings. The molecule has 2 N–H and O–H groups in total. The number of likely N-dealkylation sites (tertiary alicyclic amines) is 1. The van der Waals surface area contributed by atoms with Crippen molar-refractivity contribution in [2.75, 3.05) is 19.6 Å². The molecule has 3 rings (SSSR count). The first-order valence-electron chi connectivity index (χ1n) is 8.68. The van der Waals surface area contributed by atoms with Crippen molar-refractivity contribution in [1.29, 1.82) is 0 Å². The normalized spacial score (nSPS) is 16.6. The van der Waals surface area contributed by atoms with Crippen LogP contribution in [0.4, 0.5) is 0 Å². The number of aliphatic imine (C=N–C) groups is 1.